The number of hydrogen-bond donors (Lipinski definition) is 2. The minimum atomic E-state index is -0.961. The summed E-state index contributed by atoms with van der Waals surface area (Å²) < 4.78 is 0. The number of carbonyl (C=O) groups is 1. The summed E-state index contributed by atoms with van der Waals surface area (Å²) in [6.45, 7) is 5.50. The lowest BCUT2D eigenvalue weighted by Gasteiger charge is -2.25. The SMILES string of the molecule is CC(=NN(c1ccccc1)C(C)C)C(CCO)C(=O)O. The van der Waals surface area contributed by atoms with Gasteiger partial charge in [0.05, 0.1) is 11.6 Å². The lowest BCUT2D eigenvalue weighted by Crippen LogP contribution is -2.30. The van der Waals surface area contributed by atoms with E-state index in [1.54, 1.807) is 11.9 Å². The Bertz CT molecular complexity index is 457. The van der Waals surface area contributed by atoms with Crippen LogP contribution in [0.25, 0.3) is 0 Å². The molecule has 0 spiro atoms. The molecule has 5 nitrogen and oxygen atoms in total. The van der Waals surface area contributed by atoms with Crippen LogP contribution in [0.1, 0.15) is 27.2 Å². The highest BCUT2D eigenvalue weighted by Gasteiger charge is 2.22. The fourth-order valence-corrected chi connectivity index (χ4v) is 1.93. The molecular formula is C15H22N2O3. The number of benzene rings is 1. The van der Waals surface area contributed by atoms with Crippen LogP contribution in [0, 0.1) is 5.92 Å². The van der Waals surface area contributed by atoms with E-state index in [9.17, 15) is 9.90 Å². The first kappa shape index (κ1) is 16.2. The second-order valence-electron chi connectivity index (χ2n) is 4.92. The second-order valence-corrected chi connectivity index (χ2v) is 4.92. The van der Waals surface area contributed by atoms with E-state index in [4.69, 9.17) is 5.11 Å². The number of aliphatic hydroxyl groups is 1. The monoisotopic (exact) mass is 278 g/mol. The highest BCUT2D eigenvalue weighted by molar-refractivity contribution is 6.00. The van der Waals surface area contributed by atoms with Crippen molar-refractivity contribution in [3.63, 3.8) is 0 Å². The van der Waals surface area contributed by atoms with Gasteiger partial charge in [-0.15, -0.1) is 0 Å². The summed E-state index contributed by atoms with van der Waals surface area (Å²) in [7, 11) is 0. The number of nitrogens with zero attached hydrogens (tertiary/aromatic N) is 2. The molecule has 5 heteroatoms. The molecule has 0 fully saturated rings. The molecule has 0 aliphatic rings. The van der Waals surface area contributed by atoms with Crippen LogP contribution >= 0.6 is 0 Å². The Morgan fingerprint density at radius 2 is 1.90 bits per heavy atom. The molecule has 0 bridgehead atoms. The molecule has 1 rings (SSSR count). The molecule has 2 N–H and O–H groups in total. The molecule has 0 saturated carbocycles. The minimum absolute atomic E-state index is 0.107. The van der Waals surface area contributed by atoms with E-state index in [2.05, 4.69) is 5.10 Å². The van der Waals surface area contributed by atoms with E-state index >= 15 is 0 Å². The fraction of sp³-hybridized carbons (Fsp3) is 0.467. The number of aliphatic hydroxyl groups excluding tert-OH is 1. The number of rotatable bonds is 7. The van der Waals surface area contributed by atoms with Crippen molar-refractivity contribution in [3.05, 3.63) is 30.3 Å². The first-order chi connectivity index (χ1) is 9.47. The van der Waals surface area contributed by atoms with Gasteiger partial charge in [-0.25, -0.2) is 0 Å². The van der Waals surface area contributed by atoms with Gasteiger partial charge in [-0.05, 0) is 39.3 Å². The van der Waals surface area contributed by atoms with Crippen LogP contribution in [0.4, 0.5) is 5.69 Å². The van der Waals surface area contributed by atoms with E-state index in [1.807, 2.05) is 44.2 Å². The van der Waals surface area contributed by atoms with Gasteiger partial charge in [0.25, 0.3) is 0 Å². The molecule has 0 aliphatic heterocycles. The molecule has 0 radical (unpaired) electrons. The van der Waals surface area contributed by atoms with Crippen LogP contribution < -0.4 is 5.01 Å². The third-order valence-electron chi connectivity index (χ3n) is 3.00. The van der Waals surface area contributed by atoms with Crippen molar-refractivity contribution in [1.29, 1.82) is 0 Å². The van der Waals surface area contributed by atoms with Crippen molar-refractivity contribution in [3.8, 4) is 0 Å². The highest BCUT2D eigenvalue weighted by Crippen LogP contribution is 2.18. The third kappa shape index (κ3) is 4.35. The lowest BCUT2D eigenvalue weighted by atomic mass is 10.0. The van der Waals surface area contributed by atoms with Crippen molar-refractivity contribution < 1.29 is 15.0 Å². The number of para-hydroxylation sites is 1. The number of hydrazone groups is 1. The van der Waals surface area contributed by atoms with E-state index < -0.39 is 11.9 Å². The summed E-state index contributed by atoms with van der Waals surface area (Å²) in [6.07, 6.45) is 0.172. The van der Waals surface area contributed by atoms with Gasteiger partial charge in [-0.3, -0.25) is 9.80 Å². The maximum atomic E-state index is 11.2. The van der Waals surface area contributed by atoms with E-state index in [0.29, 0.717) is 5.71 Å². The summed E-state index contributed by atoms with van der Waals surface area (Å²) in [6, 6.07) is 9.72. The third-order valence-corrected chi connectivity index (χ3v) is 3.00. The molecule has 0 aromatic heterocycles. The molecule has 0 saturated heterocycles. The number of aliphatic carboxylic acids is 1. The van der Waals surface area contributed by atoms with Gasteiger partial charge < -0.3 is 10.2 Å². The molecule has 0 amide bonds. The Labute approximate surface area is 119 Å². The van der Waals surface area contributed by atoms with Crippen LogP contribution in [0.2, 0.25) is 0 Å². The zero-order valence-corrected chi connectivity index (χ0v) is 12.2. The zero-order valence-electron chi connectivity index (χ0n) is 12.2. The molecule has 1 aromatic carbocycles. The average molecular weight is 278 g/mol. The Morgan fingerprint density at radius 1 is 1.30 bits per heavy atom. The van der Waals surface area contributed by atoms with Crippen LogP contribution in [0.5, 0.6) is 0 Å². The topological polar surface area (TPSA) is 73.1 Å². The highest BCUT2D eigenvalue weighted by atomic mass is 16.4. The molecule has 0 aliphatic carbocycles. The van der Waals surface area contributed by atoms with Gasteiger partial charge in [0, 0.05) is 18.4 Å². The summed E-state index contributed by atoms with van der Waals surface area (Å²) in [4.78, 5) is 11.2. The largest absolute Gasteiger partial charge is 0.481 e. The van der Waals surface area contributed by atoms with Crippen LogP contribution in [0.15, 0.2) is 35.4 Å². The molecule has 1 unspecified atom stereocenters. The number of carboxylic acids is 1. The molecule has 1 aromatic rings. The Balaban J connectivity index is 3.04. The van der Waals surface area contributed by atoms with E-state index in [1.165, 1.54) is 0 Å². The van der Waals surface area contributed by atoms with Gasteiger partial charge in [-0.1, -0.05) is 18.2 Å². The standard InChI is InChI=1S/C15H22N2O3/c1-11(2)17(13-7-5-4-6-8-13)16-12(3)14(9-10-18)15(19)20/h4-8,11,14,18H,9-10H2,1-3H3,(H,19,20). The quantitative estimate of drug-likeness (QED) is 0.593. The van der Waals surface area contributed by atoms with Crippen LogP contribution in [-0.4, -0.2) is 34.5 Å². The zero-order chi connectivity index (χ0) is 15.1. The van der Waals surface area contributed by atoms with Crippen LogP contribution in [0.3, 0.4) is 0 Å². The van der Waals surface area contributed by atoms with Crippen LogP contribution in [-0.2, 0) is 4.79 Å². The minimum Gasteiger partial charge on any atom is -0.481 e. The predicted molar refractivity (Wildman–Crippen MR) is 80.0 cm³/mol. The predicted octanol–water partition coefficient (Wildman–Crippen LogP) is 2.36. The Hall–Kier alpha value is -1.88. The molecular weight excluding hydrogens is 256 g/mol. The van der Waals surface area contributed by atoms with Gasteiger partial charge in [-0.2, -0.15) is 5.10 Å². The van der Waals surface area contributed by atoms with Crippen molar-refractivity contribution >= 4 is 17.4 Å². The summed E-state index contributed by atoms with van der Waals surface area (Å²) in [5, 5.41) is 24.4. The van der Waals surface area contributed by atoms with E-state index in [-0.39, 0.29) is 19.1 Å². The smallest absolute Gasteiger partial charge is 0.312 e. The first-order valence-electron chi connectivity index (χ1n) is 6.70. The number of carboxylic acid groups (broad SMARTS) is 1. The van der Waals surface area contributed by atoms with Gasteiger partial charge in [0.2, 0.25) is 0 Å². The van der Waals surface area contributed by atoms with Crippen molar-refractivity contribution in [2.45, 2.75) is 33.2 Å². The van der Waals surface area contributed by atoms with Crippen molar-refractivity contribution in [1.82, 2.24) is 0 Å². The van der Waals surface area contributed by atoms with Gasteiger partial charge >= 0.3 is 5.97 Å². The summed E-state index contributed by atoms with van der Waals surface area (Å²) in [5.74, 6) is -1.72. The molecule has 20 heavy (non-hydrogen) atoms. The Kier molecular flexibility index (Phi) is 6.18. The molecule has 110 valence electrons. The van der Waals surface area contributed by atoms with Crippen molar-refractivity contribution in [2.75, 3.05) is 11.6 Å². The normalized spacial score (nSPS) is 13.3. The fourth-order valence-electron chi connectivity index (χ4n) is 1.93. The molecule has 0 heterocycles. The van der Waals surface area contributed by atoms with Gasteiger partial charge in [0.1, 0.15) is 0 Å². The van der Waals surface area contributed by atoms with Gasteiger partial charge in [0.15, 0.2) is 0 Å². The Morgan fingerprint density at radius 3 is 2.35 bits per heavy atom. The lowest BCUT2D eigenvalue weighted by molar-refractivity contribution is -0.139. The summed E-state index contributed by atoms with van der Waals surface area (Å²) >= 11 is 0. The summed E-state index contributed by atoms with van der Waals surface area (Å²) in [5.41, 5.74) is 1.40. The number of anilines is 1. The maximum absolute atomic E-state index is 11.2. The second kappa shape index (κ2) is 7.65. The maximum Gasteiger partial charge on any atom is 0.312 e. The van der Waals surface area contributed by atoms with Crippen molar-refractivity contribution in [2.24, 2.45) is 11.0 Å². The molecule has 1 atom stereocenters. The first-order valence-corrected chi connectivity index (χ1v) is 6.70. The number of hydrogen-bond acceptors (Lipinski definition) is 4. The van der Waals surface area contributed by atoms with E-state index in [0.717, 1.165) is 5.69 Å². The average Bonchev–Trinajstić information content (AvgIpc) is 2.42.